The molecule has 0 aromatic heterocycles. The third-order valence-electron chi connectivity index (χ3n) is 1.96. The van der Waals surface area contributed by atoms with Crippen molar-refractivity contribution in [3.63, 3.8) is 0 Å². The highest BCUT2D eigenvalue weighted by atomic mass is 32.2. The first kappa shape index (κ1) is 12.9. The Balaban J connectivity index is 2.94. The van der Waals surface area contributed by atoms with Crippen molar-refractivity contribution >= 4 is 17.0 Å². The maximum Gasteiger partial charge on any atom is 0.251 e. The first-order valence-electron chi connectivity index (χ1n) is 4.97. The molecule has 2 N–H and O–H groups in total. The Bertz CT molecular complexity index is 404. The Morgan fingerprint density at radius 2 is 2.06 bits per heavy atom. The van der Waals surface area contributed by atoms with Crippen molar-refractivity contribution in [1.29, 1.82) is 0 Å². The average molecular weight is 241 g/mol. The second-order valence-corrected chi connectivity index (χ2v) is 4.68. The van der Waals surface area contributed by atoms with Crippen LogP contribution in [-0.4, -0.2) is 20.7 Å². The number of carbonyl (C=O) groups excluding carboxylic acids is 1. The van der Waals surface area contributed by atoms with Crippen molar-refractivity contribution in [3.05, 3.63) is 35.4 Å². The lowest BCUT2D eigenvalue weighted by Gasteiger charge is -2.11. The molecule has 0 heterocycles. The maximum atomic E-state index is 11.8. The van der Waals surface area contributed by atoms with Crippen molar-refractivity contribution in [2.24, 2.45) is 0 Å². The number of benzene rings is 1. The van der Waals surface area contributed by atoms with Crippen LogP contribution in [0.2, 0.25) is 0 Å². The van der Waals surface area contributed by atoms with Crippen LogP contribution in [-0.2, 0) is 16.8 Å². The highest BCUT2D eigenvalue weighted by molar-refractivity contribution is 7.78. The molecule has 88 valence electrons. The number of nitrogens with one attached hydrogen (secondary N) is 1. The summed E-state index contributed by atoms with van der Waals surface area (Å²) in [5.74, 6) is -0.238. The van der Waals surface area contributed by atoms with Gasteiger partial charge in [0.2, 0.25) is 0 Å². The fourth-order valence-electron chi connectivity index (χ4n) is 1.34. The van der Waals surface area contributed by atoms with Gasteiger partial charge in [0.05, 0.1) is 5.75 Å². The molecule has 0 saturated heterocycles. The Kier molecular flexibility index (Phi) is 4.64. The molecule has 0 aliphatic carbocycles. The average Bonchev–Trinajstić information content (AvgIpc) is 2.16. The molecule has 16 heavy (non-hydrogen) atoms. The van der Waals surface area contributed by atoms with Crippen LogP contribution in [0.4, 0.5) is 0 Å². The normalized spacial score (nSPS) is 12.5. The van der Waals surface area contributed by atoms with Crippen LogP contribution in [0.5, 0.6) is 0 Å². The smallest absolute Gasteiger partial charge is 0.251 e. The molecule has 1 aromatic carbocycles. The molecule has 1 unspecified atom stereocenters. The Hall–Kier alpha value is -1.20. The van der Waals surface area contributed by atoms with Crippen LogP contribution in [0.25, 0.3) is 0 Å². The second kappa shape index (κ2) is 5.77. The topological polar surface area (TPSA) is 66.4 Å². The minimum absolute atomic E-state index is 0.0261. The van der Waals surface area contributed by atoms with Crippen LogP contribution in [0.3, 0.4) is 0 Å². The molecule has 0 radical (unpaired) electrons. The van der Waals surface area contributed by atoms with Gasteiger partial charge in [0.25, 0.3) is 5.91 Å². The van der Waals surface area contributed by atoms with E-state index in [4.69, 9.17) is 4.55 Å². The SMILES string of the molecule is CC(C)NC(=O)c1ccccc1CS(=O)O. The van der Waals surface area contributed by atoms with Crippen LogP contribution in [0.1, 0.15) is 29.8 Å². The lowest BCUT2D eigenvalue weighted by atomic mass is 10.1. The molecular weight excluding hydrogens is 226 g/mol. The van der Waals surface area contributed by atoms with E-state index in [1.54, 1.807) is 24.3 Å². The molecule has 1 amide bonds. The van der Waals surface area contributed by atoms with Gasteiger partial charge in [-0.3, -0.25) is 4.79 Å². The number of rotatable bonds is 4. The van der Waals surface area contributed by atoms with E-state index in [2.05, 4.69) is 5.32 Å². The van der Waals surface area contributed by atoms with Gasteiger partial charge in [0.15, 0.2) is 11.1 Å². The van der Waals surface area contributed by atoms with Gasteiger partial charge in [-0.05, 0) is 25.5 Å². The molecule has 0 aliphatic heterocycles. The van der Waals surface area contributed by atoms with Gasteiger partial charge in [0, 0.05) is 11.6 Å². The molecule has 0 fully saturated rings. The van der Waals surface area contributed by atoms with E-state index in [9.17, 15) is 9.00 Å². The number of hydrogen-bond donors (Lipinski definition) is 2. The molecule has 1 rings (SSSR count). The first-order chi connectivity index (χ1) is 7.50. The minimum Gasteiger partial charge on any atom is -0.350 e. The Labute approximate surface area is 97.3 Å². The standard InChI is InChI=1S/C11H15NO3S/c1-8(2)12-11(13)10-6-4-3-5-9(10)7-16(14)15/h3-6,8H,7H2,1-2H3,(H,12,13)(H,14,15). The van der Waals surface area contributed by atoms with Gasteiger partial charge >= 0.3 is 0 Å². The molecule has 1 atom stereocenters. The molecule has 0 saturated carbocycles. The lowest BCUT2D eigenvalue weighted by Crippen LogP contribution is -2.30. The van der Waals surface area contributed by atoms with Gasteiger partial charge in [0.1, 0.15) is 0 Å². The predicted octanol–water partition coefficient (Wildman–Crippen LogP) is 1.55. The van der Waals surface area contributed by atoms with Gasteiger partial charge in [-0.15, -0.1) is 0 Å². The zero-order valence-corrected chi connectivity index (χ0v) is 10.1. The third kappa shape index (κ3) is 3.75. The van der Waals surface area contributed by atoms with E-state index in [1.165, 1.54) is 0 Å². The van der Waals surface area contributed by atoms with Crippen molar-refractivity contribution in [2.45, 2.75) is 25.6 Å². The number of carbonyl (C=O) groups is 1. The van der Waals surface area contributed by atoms with Crippen LogP contribution in [0.15, 0.2) is 24.3 Å². The van der Waals surface area contributed by atoms with Crippen molar-refractivity contribution in [2.75, 3.05) is 0 Å². The number of hydrogen-bond acceptors (Lipinski definition) is 2. The zero-order valence-electron chi connectivity index (χ0n) is 9.27. The predicted molar refractivity (Wildman–Crippen MR) is 63.5 cm³/mol. The molecule has 0 aliphatic rings. The van der Waals surface area contributed by atoms with Crippen LogP contribution >= 0.6 is 0 Å². The van der Waals surface area contributed by atoms with Crippen molar-refractivity contribution in [3.8, 4) is 0 Å². The van der Waals surface area contributed by atoms with E-state index < -0.39 is 11.1 Å². The summed E-state index contributed by atoms with van der Waals surface area (Å²) in [5, 5.41) is 2.75. The van der Waals surface area contributed by atoms with Gasteiger partial charge < -0.3 is 9.87 Å². The highest BCUT2D eigenvalue weighted by Gasteiger charge is 2.12. The molecule has 1 aromatic rings. The quantitative estimate of drug-likeness (QED) is 0.786. The van der Waals surface area contributed by atoms with Crippen LogP contribution in [0, 0.1) is 0 Å². The largest absolute Gasteiger partial charge is 0.350 e. The number of amides is 1. The van der Waals surface area contributed by atoms with Crippen molar-refractivity contribution in [1.82, 2.24) is 5.32 Å². The van der Waals surface area contributed by atoms with E-state index in [1.807, 2.05) is 13.8 Å². The summed E-state index contributed by atoms with van der Waals surface area (Å²) in [7, 11) is 0. The summed E-state index contributed by atoms with van der Waals surface area (Å²) in [5.41, 5.74) is 1.04. The maximum absolute atomic E-state index is 11.8. The summed E-state index contributed by atoms with van der Waals surface area (Å²) >= 11 is -1.94. The first-order valence-corrected chi connectivity index (χ1v) is 6.24. The van der Waals surface area contributed by atoms with E-state index in [0.717, 1.165) is 0 Å². The summed E-state index contributed by atoms with van der Waals surface area (Å²) in [4.78, 5) is 11.8. The molecule has 0 bridgehead atoms. The molecule has 0 spiro atoms. The Morgan fingerprint density at radius 1 is 1.44 bits per heavy atom. The van der Waals surface area contributed by atoms with E-state index in [0.29, 0.717) is 11.1 Å². The Morgan fingerprint density at radius 3 is 2.62 bits per heavy atom. The summed E-state index contributed by atoms with van der Waals surface area (Å²) in [6, 6.07) is 6.86. The molecule has 4 nitrogen and oxygen atoms in total. The fraction of sp³-hybridized carbons (Fsp3) is 0.364. The van der Waals surface area contributed by atoms with Gasteiger partial charge in [-0.2, -0.15) is 0 Å². The fourth-order valence-corrected chi connectivity index (χ4v) is 1.86. The molecule has 5 heteroatoms. The monoisotopic (exact) mass is 241 g/mol. The van der Waals surface area contributed by atoms with Crippen molar-refractivity contribution < 1.29 is 13.6 Å². The summed E-state index contributed by atoms with van der Waals surface area (Å²) < 4.78 is 19.6. The lowest BCUT2D eigenvalue weighted by molar-refractivity contribution is 0.0942. The van der Waals surface area contributed by atoms with Gasteiger partial charge in [-0.1, -0.05) is 18.2 Å². The second-order valence-electron chi connectivity index (χ2n) is 3.75. The third-order valence-corrected chi connectivity index (χ3v) is 2.52. The van der Waals surface area contributed by atoms with Gasteiger partial charge in [-0.25, -0.2) is 4.21 Å². The summed E-state index contributed by atoms with van der Waals surface area (Å²) in [6.45, 7) is 3.73. The minimum atomic E-state index is -1.94. The summed E-state index contributed by atoms with van der Waals surface area (Å²) in [6.07, 6.45) is 0. The highest BCUT2D eigenvalue weighted by Crippen LogP contribution is 2.10. The zero-order chi connectivity index (χ0) is 12.1. The molecular formula is C11H15NO3S. The van der Waals surface area contributed by atoms with E-state index >= 15 is 0 Å². The van der Waals surface area contributed by atoms with Crippen LogP contribution < -0.4 is 5.32 Å². The van der Waals surface area contributed by atoms with E-state index in [-0.39, 0.29) is 17.7 Å².